The topological polar surface area (TPSA) is 30.0 Å². The SMILES string of the molecule is CSc1nc2ccccc2c(-c2ccccc2)c1C(=O)c1ccc(C)cc1. The van der Waals surface area contributed by atoms with Gasteiger partial charge in [-0.1, -0.05) is 78.4 Å². The zero-order chi connectivity index (χ0) is 18.8. The normalized spacial score (nSPS) is 10.9. The fraction of sp³-hybridized carbons (Fsp3) is 0.0833. The molecule has 0 saturated carbocycles. The van der Waals surface area contributed by atoms with Gasteiger partial charge in [0.2, 0.25) is 0 Å². The van der Waals surface area contributed by atoms with Crippen LogP contribution in [0.5, 0.6) is 0 Å². The minimum absolute atomic E-state index is 0.0106. The van der Waals surface area contributed by atoms with E-state index < -0.39 is 0 Å². The lowest BCUT2D eigenvalue weighted by atomic mass is 9.92. The first-order chi connectivity index (χ1) is 13.2. The van der Waals surface area contributed by atoms with Crippen molar-refractivity contribution in [2.45, 2.75) is 11.9 Å². The van der Waals surface area contributed by atoms with E-state index in [1.807, 2.05) is 79.9 Å². The molecule has 3 aromatic carbocycles. The lowest BCUT2D eigenvalue weighted by Crippen LogP contribution is -2.08. The van der Waals surface area contributed by atoms with Gasteiger partial charge in [-0.25, -0.2) is 4.98 Å². The van der Waals surface area contributed by atoms with Gasteiger partial charge in [0.1, 0.15) is 5.03 Å². The van der Waals surface area contributed by atoms with Crippen LogP contribution in [-0.4, -0.2) is 17.0 Å². The number of aromatic nitrogens is 1. The quantitative estimate of drug-likeness (QED) is 0.319. The summed E-state index contributed by atoms with van der Waals surface area (Å²) in [6.45, 7) is 2.02. The monoisotopic (exact) mass is 369 g/mol. The molecule has 0 N–H and O–H groups in total. The lowest BCUT2D eigenvalue weighted by molar-refractivity contribution is 0.103. The molecular formula is C24H19NOS. The minimum atomic E-state index is 0.0106. The van der Waals surface area contributed by atoms with Gasteiger partial charge in [-0.2, -0.15) is 0 Å². The van der Waals surface area contributed by atoms with Crippen LogP contribution >= 0.6 is 11.8 Å². The Bertz CT molecular complexity index is 1120. The Balaban J connectivity index is 2.06. The predicted octanol–water partition coefficient (Wildman–Crippen LogP) is 6.16. The minimum Gasteiger partial charge on any atom is -0.288 e. The van der Waals surface area contributed by atoms with Gasteiger partial charge in [-0.05, 0) is 24.8 Å². The summed E-state index contributed by atoms with van der Waals surface area (Å²) in [5, 5.41) is 1.76. The van der Waals surface area contributed by atoms with Crippen LogP contribution in [0.15, 0.2) is 83.9 Å². The van der Waals surface area contributed by atoms with E-state index in [0.29, 0.717) is 11.1 Å². The molecular weight excluding hydrogens is 350 g/mol. The first kappa shape index (κ1) is 17.5. The van der Waals surface area contributed by atoms with Crippen LogP contribution in [0.4, 0.5) is 0 Å². The van der Waals surface area contributed by atoms with Crippen molar-refractivity contribution in [3.05, 3.63) is 95.6 Å². The molecule has 0 amide bonds. The molecule has 2 nitrogen and oxygen atoms in total. The molecule has 0 aliphatic heterocycles. The molecule has 0 bridgehead atoms. The summed E-state index contributed by atoms with van der Waals surface area (Å²) in [5.41, 5.74) is 5.39. The maximum atomic E-state index is 13.5. The number of thioether (sulfide) groups is 1. The fourth-order valence-corrected chi connectivity index (χ4v) is 3.89. The summed E-state index contributed by atoms with van der Waals surface area (Å²) in [6.07, 6.45) is 1.97. The van der Waals surface area contributed by atoms with Gasteiger partial charge in [0.15, 0.2) is 5.78 Å². The molecule has 0 fully saturated rings. The van der Waals surface area contributed by atoms with Gasteiger partial charge in [-0.3, -0.25) is 4.79 Å². The van der Waals surface area contributed by atoms with Crippen molar-refractivity contribution in [2.75, 3.05) is 6.26 Å². The third-order valence-electron chi connectivity index (χ3n) is 4.66. The molecule has 0 aliphatic rings. The van der Waals surface area contributed by atoms with Crippen molar-refractivity contribution in [3.63, 3.8) is 0 Å². The van der Waals surface area contributed by atoms with Crippen molar-refractivity contribution in [2.24, 2.45) is 0 Å². The second kappa shape index (κ2) is 7.37. The largest absolute Gasteiger partial charge is 0.288 e. The Hall–Kier alpha value is -2.91. The van der Waals surface area contributed by atoms with Crippen LogP contribution in [0, 0.1) is 6.92 Å². The van der Waals surface area contributed by atoms with E-state index in [2.05, 4.69) is 12.1 Å². The molecule has 0 saturated heterocycles. The summed E-state index contributed by atoms with van der Waals surface area (Å²) < 4.78 is 0. The van der Waals surface area contributed by atoms with E-state index >= 15 is 0 Å². The predicted molar refractivity (Wildman–Crippen MR) is 114 cm³/mol. The van der Waals surface area contributed by atoms with Gasteiger partial charge in [0.05, 0.1) is 11.1 Å². The second-order valence-electron chi connectivity index (χ2n) is 6.45. The molecule has 0 radical (unpaired) electrons. The van der Waals surface area contributed by atoms with Gasteiger partial charge < -0.3 is 0 Å². The highest BCUT2D eigenvalue weighted by Crippen LogP contribution is 2.37. The second-order valence-corrected chi connectivity index (χ2v) is 7.24. The van der Waals surface area contributed by atoms with E-state index in [1.165, 1.54) is 11.8 Å². The molecule has 0 spiro atoms. The number of ketones is 1. The number of carbonyl (C=O) groups excluding carboxylic acids is 1. The Morgan fingerprint density at radius 3 is 2.22 bits per heavy atom. The summed E-state index contributed by atoms with van der Waals surface area (Å²) in [7, 11) is 0. The number of benzene rings is 3. The number of para-hydroxylation sites is 1. The van der Waals surface area contributed by atoms with Crippen LogP contribution in [0.1, 0.15) is 21.5 Å². The summed E-state index contributed by atoms with van der Waals surface area (Å²) in [4.78, 5) is 18.3. The number of rotatable bonds is 4. The standard InChI is InChI=1S/C24H19NOS/c1-16-12-14-18(15-13-16)23(26)22-21(17-8-4-3-5-9-17)19-10-6-7-11-20(19)25-24(22)27-2/h3-15H,1-2H3. The van der Waals surface area contributed by atoms with Crippen LogP contribution in [0.25, 0.3) is 22.0 Å². The maximum absolute atomic E-state index is 13.5. The molecule has 0 atom stereocenters. The Morgan fingerprint density at radius 2 is 1.52 bits per heavy atom. The van der Waals surface area contributed by atoms with Crippen molar-refractivity contribution in [3.8, 4) is 11.1 Å². The van der Waals surface area contributed by atoms with E-state index in [-0.39, 0.29) is 5.78 Å². The van der Waals surface area contributed by atoms with Gasteiger partial charge in [0, 0.05) is 16.5 Å². The number of hydrogen-bond acceptors (Lipinski definition) is 3. The Kier molecular flexibility index (Phi) is 4.78. The van der Waals surface area contributed by atoms with Crippen molar-refractivity contribution in [1.82, 2.24) is 4.98 Å². The molecule has 132 valence electrons. The number of fused-ring (bicyclic) bond motifs is 1. The average molecular weight is 369 g/mol. The van der Waals surface area contributed by atoms with Crippen molar-refractivity contribution >= 4 is 28.4 Å². The van der Waals surface area contributed by atoms with Gasteiger partial charge in [-0.15, -0.1) is 11.8 Å². The third kappa shape index (κ3) is 3.26. The molecule has 0 unspecified atom stereocenters. The van der Waals surface area contributed by atoms with E-state index in [1.54, 1.807) is 0 Å². The smallest absolute Gasteiger partial charge is 0.196 e. The Labute approximate surface area is 163 Å². The third-order valence-corrected chi connectivity index (χ3v) is 5.34. The number of hydrogen-bond donors (Lipinski definition) is 0. The molecule has 4 rings (SSSR count). The van der Waals surface area contributed by atoms with Crippen LogP contribution in [0.2, 0.25) is 0 Å². The molecule has 0 aliphatic carbocycles. The average Bonchev–Trinajstić information content (AvgIpc) is 2.73. The number of aryl methyl sites for hydroxylation is 1. The van der Waals surface area contributed by atoms with Crippen LogP contribution in [0.3, 0.4) is 0 Å². The van der Waals surface area contributed by atoms with E-state index in [4.69, 9.17) is 4.98 Å². The first-order valence-corrected chi connectivity index (χ1v) is 10.0. The molecule has 3 heteroatoms. The number of nitrogens with zero attached hydrogens (tertiary/aromatic N) is 1. The molecule has 1 aromatic heterocycles. The first-order valence-electron chi connectivity index (χ1n) is 8.82. The fourth-order valence-electron chi connectivity index (χ4n) is 3.30. The molecule has 27 heavy (non-hydrogen) atoms. The number of pyridine rings is 1. The van der Waals surface area contributed by atoms with Crippen molar-refractivity contribution < 1.29 is 4.79 Å². The summed E-state index contributed by atoms with van der Waals surface area (Å²) in [5.74, 6) is 0.0106. The highest BCUT2D eigenvalue weighted by atomic mass is 32.2. The summed E-state index contributed by atoms with van der Waals surface area (Å²) >= 11 is 1.51. The van der Waals surface area contributed by atoms with Crippen LogP contribution in [-0.2, 0) is 0 Å². The van der Waals surface area contributed by atoms with Gasteiger partial charge in [0.25, 0.3) is 0 Å². The Morgan fingerprint density at radius 1 is 0.852 bits per heavy atom. The molecule has 4 aromatic rings. The summed E-state index contributed by atoms with van der Waals surface area (Å²) in [6, 6.07) is 25.9. The van der Waals surface area contributed by atoms with E-state index in [0.717, 1.165) is 32.6 Å². The molecule has 1 heterocycles. The zero-order valence-electron chi connectivity index (χ0n) is 15.3. The zero-order valence-corrected chi connectivity index (χ0v) is 16.1. The van der Waals surface area contributed by atoms with Crippen LogP contribution < -0.4 is 0 Å². The van der Waals surface area contributed by atoms with Gasteiger partial charge >= 0.3 is 0 Å². The number of carbonyl (C=O) groups is 1. The van der Waals surface area contributed by atoms with E-state index in [9.17, 15) is 4.79 Å². The van der Waals surface area contributed by atoms with Crippen molar-refractivity contribution in [1.29, 1.82) is 0 Å². The highest BCUT2D eigenvalue weighted by molar-refractivity contribution is 7.98. The highest BCUT2D eigenvalue weighted by Gasteiger charge is 2.23. The lowest BCUT2D eigenvalue weighted by Gasteiger charge is -2.16. The maximum Gasteiger partial charge on any atom is 0.196 e.